The van der Waals surface area contributed by atoms with Gasteiger partial charge in [-0.2, -0.15) is 13.2 Å². The van der Waals surface area contributed by atoms with E-state index in [1.165, 1.54) is 0 Å². The van der Waals surface area contributed by atoms with Gasteiger partial charge in [-0.25, -0.2) is 0 Å². The molecule has 0 aromatic heterocycles. The fourth-order valence-electron chi connectivity index (χ4n) is 4.33. The Hall–Kier alpha value is -0.290. The van der Waals surface area contributed by atoms with E-state index < -0.39 is 24.2 Å². The molecule has 3 unspecified atom stereocenters. The van der Waals surface area contributed by atoms with Crippen molar-refractivity contribution < 1.29 is 18.3 Å². The van der Waals surface area contributed by atoms with Crippen molar-refractivity contribution in [3.05, 3.63) is 0 Å². The molecule has 3 rings (SSSR count). The maximum absolute atomic E-state index is 13.1. The van der Waals surface area contributed by atoms with Crippen molar-refractivity contribution in [1.82, 2.24) is 4.90 Å². The van der Waals surface area contributed by atoms with Crippen LogP contribution in [-0.4, -0.2) is 40.4 Å². The Morgan fingerprint density at radius 3 is 1.94 bits per heavy atom. The van der Waals surface area contributed by atoms with Gasteiger partial charge in [-0.15, -0.1) is 0 Å². The molecular weight excluding hydrogens is 243 g/mol. The smallest absolute Gasteiger partial charge is 0.393 e. The average Bonchev–Trinajstić information content (AvgIpc) is 2.86. The number of fused-ring (bicyclic) bond motifs is 2. The summed E-state index contributed by atoms with van der Waals surface area (Å²) in [5.74, 6) is -1.23. The zero-order chi connectivity index (χ0) is 12.9. The molecule has 1 saturated carbocycles. The van der Waals surface area contributed by atoms with Gasteiger partial charge in [0.05, 0.1) is 12.0 Å². The molecule has 0 spiro atoms. The third kappa shape index (κ3) is 2.05. The van der Waals surface area contributed by atoms with Gasteiger partial charge in [-0.05, 0) is 44.9 Å². The molecule has 0 radical (unpaired) electrons. The Labute approximate surface area is 105 Å². The standard InChI is InChI=1S/C13H20F3NO/c14-13(15,16)11-6-5-10(18)7-12(11)17-8-1-2-9(17)4-3-8/h8-12,18H,1-7H2. The van der Waals surface area contributed by atoms with Crippen LogP contribution >= 0.6 is 0 Å². The SMILES string of the molecule is OC1CCC(C(F)(F)F)C(N2C3CCC2CC3)C1. The van der Waals surface area contributed by atoms with E-state index in [9.17, 15) is 18.3 Å². The van der Waals surface area contributed by atoms with E-state index in [0.717, 1.165) is 25.7 Å². The predicted octanol–water partition coefficient (Wildman–Crippen LogP) is 2.71. The Bertz CT molecular complexity index is 298. The van der Waals surface area contributed by atoms with Crippen LogP contribution in [0.3, 0.4) is 0 Å². The Morgan fingerprint density at radius 1 is 0.889 bits per heavy atom. The topological polar surface area (TPSA) is 23.5 Å². The summed E-state index contributed by atoms with van der Waals surface area (Å²) < 4.78 is 39.4. The quantitative estimate of drug-likeness (QED) is 0.786. The second kappa shape index (κ2) is 4.37. The molecule has 2 nitrogen and oxygen atoms in total. The summed E-state index contributed by atoms with van der Waals surface area (Å²) in [4.78, 5) is 2.11. The zero-order valence-electron chi connectivity index (χ0n) is 10.4. The van der Waals surface area contributed by atoms with Crippen molar-refractivity contribution in [3.63, 3.8) is 0 Å². The second-order valence-electron chi connectivity index (χ2n) is 6.09. The summed E-state index contributed by atoms with van der Waals surface area (Å²) >= 11 is 0. The first-order valence-corrected chi connectivity index (χ1v) is 6.99. The third-order valence-electron chi connectivity index (χ3n) is 5.10. The van der Waals surface area contributed by atoms with E-state index in [0.29, 0.717) is 24.9 Å². The van der Waals surface area contributed by atoms with Crippen molar-refractivity contribution in [3.8, 4) is 0 Å². The lowest BCUT2D eigenvalue weighted by atomic mass is 9.81. The monoisotopic (exact) mass is 263 g/mol. The maximum Gasteiger partial charge on any atom is 0.393 e. The van der Waals surface area contributed by atoms with Crippen LogP contribution in [0.1, 0.15) is 44.9 Å². The van der Waals surface area contributed by atoms with Gasteiger partial charge in [-0.1, -0.05) is 0 Å². The zero-order valence-corrected chi connectivity index (χ0v) is 10.4. The number of nitrogens with zero attached hydrogens (tertiary/aromatic N) is 1. The highest BCUT2D eigenvalue weighted by Crippen LogP contribution is 2.47. The molecule has 104 valence electrons. The molecule has 3 fully saturated rings. The van der Waals surface area contributed by atoms with E-state index in [4.69, 9.17) is 0 Å². The highest BCUT2D eigenvalue weighted by molar-refractivity contribution is 5.02. The molecule has 2 aliphatic heterocycles. The molecule has 5 heteroatoms. The third-order valence-corrected chi connectivity index (χ3v) is 5.10. The second-order valence-corrected chi connectivity index (χ2v) is 6.09. The molecule has 1 N–H and O–H groups in total. The summed E-state index contributed by atoms with van der Waals surface area (Å²) in [5, 5.41) is 9.72. The van der Waals surface area contributed by atoms with E-state index >= 15 is 0 Å². The molecule has 0 amide bonds. The number of rotatable bonds is 1. The van der Waals surface area contributed by atoms with E-state index in [1.54, 1.807) is 0 Å². The maximum atomic E-state index is 13.1. The van der Waals surface area contributed by atoms with Crippen LogP contribution in [0.15, 0.2) is 0 Å². The van der Waals surface area contributed by atoms with E-state index in [2.05, 4.69) is 4.90 Å². The van der Waals surface area contributed by atoms with Gasteiger partial charge in [0.25, 0.3) is 0 Å². The molecule has 1 aliphatic carbocycles. The highest BCUT2D eigenvalue weighted by Gasteiger charge is 2.53. The average molecular weight is 263 g/mol. The van der Waals surface area contributed by atoms with Gasteiger partial charge in [0, 0.05) is 18.1 Å². The first-order valence-electron chi connectivity index (χ1n) is 6.99. The minimum Gasteiger partial charge on any atom is -0.393 e. The van der Waals surface area contributed by atoms with Crippen LogP contribution in [0.25, 0.3) is 0 Å². The molecule has 2 bridgehead atoms. The Balaban J connectivity index is 1.82. The van der Waals surface area contributed by atoms with Gasteiger partial charge in [0.1, 0.15) is 0 Å². The number of hydrogen-bond acceptors (Lipinski definition) is 2. The molecule has 0 aromatic rings. The molecule has 2 heterocycles. The van der Waals surface area contributed by atoms with Gasteiger partial charge in [0.2, 0.25) is 0 Å². The summed E-state index contributed by atoms with van der Waals surface area (Å²) in [6.07, 6.45) is 0.195. The van der Waals surface area contributed by atoms with Gasteiger partial charge < -0.3 is 5.11 Å². The minimum atomic E-state index is -4.12. The minimum absolute atomic E-state index is 0.0886. The fraction of sp³-hybridized carbons (Fsp3) is 1.00. The first kappa shape index (κ1) is 12.7. The summed E-state index contributed by atoms with van der Waals surface area (Å²) in [6.45, 7) is 0. The molecule has 0 aromatic carbocycles. The van der Waals surface area contributed by atoms with Gasteiger partial charge >= 0.3 is 6.18 Å². The van der Waals surface area contributed by atoms with Crippen molar-refractivity contribution in [2.45, 2.75) is 75.4 Å². The van der Waals surface area contributed by atoms with Crippen LogP contribution in [0.5, 0.6) is 0 Å². The van der Waals surface area contributed by atoms with Crippen molar-refractivity contribution in [2.24, 2.45) is 5.92 Å². The van der Waals surface area contributed by atoms with Gasteiger partial charge in [-0.3, -0.25) is 4.90 Å². The van der Waals surface area contributed by atoms with Crippen LogP contribution in [0.2, 0.25) is 0 Å². The predicted molar refractivity (Wildman–Crippen MR) is 61.1 cm³/mol. The normalized spacial score (nSPS) is 45.7. The van der Waals surface area contributed by atoms with Crippen molar-refractivity contribution in [1.29, 1.82) is 0 Å². The Morgan fingerprint density at radius 2 is 1.44 bits per heavy atom. The fourth-order valence-corrected chi connectivity index (χ4v) is 4.33. The highest BCUT2D eigenvalue weighted by atomic mass is 19.4. The lowest BCUT2D eigenvalue weighted by Crippen LogP contribution is -2.52. The van der Waals surface area contributed by atoms with Crippen LogP contribution in [0.4, 0.5) is 13.2 Å². The first-order chi connectivity index (χ1) is 8.47. The van der Waals surface area contributed by atoms with Crippen LogP contribution in [-0.2, 0) is 0 Å². The molecule has 3 atom stereocenters. The van der Waals surface area contributed by atoms with E-state index in [1.807, 2.05) is 0 Å². The van der Waals surface area contributed by atoms with Crippen molar-refractivity contribution >= 4 is 0 Å². The number of halogens is 3. The summed E-state index contributed by atoms with van der Waals surface area (Å²) in [6, 6.07) is 0.207. The molecular formula is C13H20F3NO. The number of aliphatic hydroxyl groups excluding tert-OH is 1. The Kier molecular flexibility index (Phi) is 3.09. The number of hydrogen-bond donors (Lipinski definition) is 1. The summed E-state index contributed by atoms with van der Waals surface area (Å²) in [7, 11) is 0. The largest absolute Gasteiger partial charge is 0.393 e. The number of alkyl halides is 3. The molecule has 18 heavy (non-hydrogen) atoms. The van der Waals surface area contributed by atoms with Crippen LogP contribution in [0, 0.1) is 5.92 Å². The van der Waals surface area contributed by atoms with E-state index in [-0.39, 0.29) is 6.42 Å². The molecule has 3 aliphatic rings. The summed E-state index contributed by atoms with van der Waals surface area (Å²) in [5.41, 5.74) is 0. The van der Waals surface area contributed by atoms with Gasteiger partial charge in [0.15, 0.2) is 0 Å². The lowest BCUT2D eigenvalue weighted by molar-refractivity contribution is -0.206. The van der Waals surface area contributed by atoms with Crippen LogP contribution < -0.4 is 0 Å². The molecule has 2 saturated heterocycles. The number of aliphatic hydroxyl groups is 1. The lowest BCUT2D eigenvalue weighted by Gasteiger charge is -2.42. The van der Waals surface area contributed by atoms with Crippen molar-refractivity contribution in [2.75, 3.05) is 0 Å².